The molecule has 1 fully saturated rings. The van der Waals surface area contributed by atoms with Gasteiger partial charge in [-0.1, -0.05) is 18.2 Å². The third kappa shape index (κ3) is 4.14. The molecule has 0 aliphatic carbocycles. The van der Waals surface area contributed by atoms with E-state index < -0.39 is 6.61 Å². The van der Waals surface area contributed by atoms with Crippen molar-refractivity contribution in [1.29, 1.82) is 0 Å². The van der Waals surface area contributed by atoms with E-state index in [0.29, 0.717) is 24.1 Å². The number of carbonyl (C=O) groups is 2. The fraction of sp³-hybridized carbons (Fsp3) is 0.200. The summed E-state index contributed by atoms with van der Waals surface area (Å²) in [5, 5.41) is 0. The number of hydrogen-bond acceptors (Lipinski definition) is 3. The van der Waals surface area contributed by atoms with Gasteiger partial charge in [0.25, 0.3) is 0 Å². The van der Waals surface area contributed by atoms with E-state index in [2.05, 4.69) is 4.74 Å². The zero-order valence-electron chi connectivity index (χ0n) is 13.9. The minimum atomic E-state index is -2.93. The Bertz CT molecular complexity index is 831. The molecule has 1 aliphatic heterocycles. The molecule has 0 bridgehead atoms. The van der Waals surface area contributed by atoms with Crippen LogP contribution in [0.1, 0.15) is 28.8 Å². The minimum absolute atomic E-state index is 0.00874. The summed E-state index contributed by atoms with van der Waals surface area (Å²) in [6.45, 7) is -2.24. The van der Waals surface area contributed by atoms with Crippen LogP contribution in [0, 0.1) is 0 Å². The van der Waals surface area contributed by atoms with E-state index in [1.807, 2.05) is 0 Å². The number of allylic oxidation sites excluding steroid dienone is 1. The normalized spacial score (nSPS) is 14.4. The standard InChI is InChI=1S/C20H17F2NO3/c21-20(22)26-18-5-2-1-4-15(18)9-12-17(24)14-7-10-16(11-8-14)23-13-3-6-19(23)25/h1-2,4-5,7-12,20H,3,6,13H2/b12-9+. The average molecular weight is 357 g/mol. The zero-order chi connectivity index (χ0) is 18.5. The van der Waals surface area contributed by atoms with Crippen molar-refractivity contribution in [1.82, 2.24) is 0 Å². The summed E-state index contributed by atoms with van der Waals surface area (Å²) in [5.41, 5.74) is 1.60. The highest BCUT2D eigenvalue weighted by Gasteiger charge is 2.21. The van der Waals surface area contributed by atoms with E-state index in [9.17, 15) is 18.4 Å². The van der Waals surface area contributed by atoms with E-state index in [4.69, 9.17) is 0 Å². The van der Waals surface area contributed by atoms with Crippen LogP contribution in [0.4, 0.5) is 14.5 Å². The van der Waals surface area contributed by atoms with Crippen molar-refractivity contribution in [2.24, 2.45) is 0 Å². The Kier molecular flexibility index (Phi) is 5.41. The molecule has 26 heavy (non-hydrogen) atoms. The van der Waals surface area contributed by atoms with E-state index in [1.54, 1.807) is 47.4 Å². The van der Waals surface area contributed by atoms with Gasteiger partial charge in [-0.2, -0.15) is 8.78 Å². The molecule has 0 N–H and O–H groups in total. The van der Waals surface area contributed by atoms with Gasteiger partial charge in [-0.15, -0.1) is 0 Å². The van der Waals surface area contributed by atoms with Crippen molar-refractivity contribution in [3.63, 3.8) is 0 Å². The quantitative estimate of drug-likeness (QED) is 0.572. The lowest BCUT2D eigenvalue weighted by atomic mass is 10.1. The maximum atomic E-state index is 12.4. The van der Waals surface area contributed by atoms with Crippen LogP contribution in [0.5, 0.6) is 5.75 Å². The molecule has 1 heterocycles. The molecule has 2 aromatic carbocycles. The van der Waals surface area contributed by atoms with Gasteiger partial charge < -0.3 is 9.64 Å². The average Bonchev–Trinajstić information content (AvgIpc) is 3.06. The van der Waals surface area contributed by atoms with E-state index >= 15 is 0 Å². The van der Waals surface area contributed by atoms with E-state index in [1.165, 1.54) is 18.2 Å². The number of halogens is 2. The Morgan fingerprint density at radius 2 is 1.85 bits per heavy atom. The number of benzene rings is 2. The SMILES string of the molecule is O=C(/C=C/c1ccccc1OC(F)F)c1ccc(N2CCCC2=O)cc1. The molecule has 4 nitrogen and oxygen atoms in total. The second-order valence-corrected chi connectivity index (χ2v) is 5.81. The van der Waals surface area contributed by atoms with Crippen LogP contribution in [0.25, 0.3) is 6.08 Å². The second-order valence-electron chi connectivity index (χ2n) is 5.81. The highest BCUT2D eigenvalue weighted by molar-refractivity contribution is 6.07. The molecule has 3 rings (SSSR count). The Labute approximate surface area is 149 Å². The first-order valence-electron chi connectivity index (χ1n) is 8.21. The summed E-state index contributed by atoms with van der Waals surface area (Å²) in [5.74, 6) is -0.176. The number of rotatable bonds is 6. The lowest BCUT2D eigenvalue weighted by Gasteiger charge is -2.15. The maximum Gasteiger partial charge on any atom is 0.387 e. The predicted octanol–water partition coefficient (Wildman–Crippen LogP) is 4.31. The highest BCUT2D eigenvalue weighted by atomic mass is 19.3. The van der Waals surface area contributed by atoms with E-state index in [0.717, 1.165) is 12.1 Å². The van der Waals surface area contributed by atoms with Crippen molar-refractivity contribution in [2.45, 2.75) is 19.5 Å². The van der Waals surface area contributed by atoms with Gasteiger partial charge in [-0.05, 0) is 48.9 Å². The second kappa shape index (κ2) is 7.91. The zero-order valence-corrected chi connectivity index (χ0v) is 13.9. The molecule has 0 saturated carbocycles. The molecule has 1 amide bonds. The van der Waals surface area contributed by atoms with Crippen LogP contribution < -0.4 is 9.64 Å². The largest absolute Gasteiger partial charge is 0.434 e. The molecule has 0 atom stereocenters. The number of amides is 1. The van der Waals surface area contributed by atoms with E-state index in [-0.39, 0.29) is 17.4 Å². The summed E-state index contributed by atoms with van der Waals surface area (Å²) in [6.07, 6.45) is 4.13. The van der Waals surface area contributed by atoms with Crippen molar-refractivity contribution in [3.05, 3.63) is 65.7 Å². The molecule has 0 radical (unpaired) electrons. The van der Waals surface area contributed by atoms with Crippen molar-refractivity contribution >= 4 is 23.5 Å². The summed E-state index contributed by atoms with van der Waals surface area (Å²) in [4.78, 5) is 25.7. The summed E-state index contributed by atoms with van der Waals surface area (Å²) in [7, 11) is 0. The van der Waals surface area contributed by atoms with Crippen LogP contribution >= 0.6 is 0 Å². The number of anilines is 1. The van der Waals surface area contributed by atoms with Crippen LogP contribution in [-0.2, 0) is 4.79 Å². The summed E-state index contributed by atoms with van der Waals surface area (Å²) in [6, 6.07) is 13.0. The number of hydrogen-bond donors (Lipinski definition) is 0. The maximum absolute atomic E-state index is 12.4. The number of ketones is 1. The Balaban J connectivity index is 1.72. The lowest BCUT2D eigenvalue weighted by Crippen LogP contribution is -2.23. The molecule has 2 aromatic rings. The van der Waals surface area contributed by atoms with Crippen molar-refractivity contribution in [3.8, 4) is 5.75 Å². The molecular weight excluding hydrogens is 340 g/mol. The molecule has 0 aromatic heterocycles. The van der Waals surface area contributed by atoms with Gasteiger partial charge in [-0.25, -0.2) is 0 Å². The third-order valence-electron chi connectivity index (χ3n) is 4.09. The molecule has 6 heteroatoms. The van der Waals surface area contributed by atoms with Gasteiger partial charge in [0.05, 0.1) is 0 Å². The summed E-state index contributed by atoms with van der Waals surface area (Å²) < 4.78 is 29.3. The molecule has 1 saturated heterocycles. The Morgan fingerprint density at radius 3 is 2.50 bits per heavy atom. The molecule has 0 unspecified atom stereocenters. The van der Waals surface area contributed by atoms with Gasteiger partial charge in [0, 0.05) is 29.8 Å². The van der Waals surface area contributed by atoms with Crippen molar-refractivity contribution in [2.75, 3.05) is 11.4 Å². The van der Waals surface area contributed by atoms with Crippen LogP contribution in [-0.4, -0.2) is 24.8 Å². The topological polar surface area (TPSA) is 46.6 Å². The minimum Gasteiger partial charge on any atom is -0.434 e. The first-order valence-corrected chi connectivity index (χ1v) is 8.21. The first kappa shape index (κ1) is 17.8. The van der Waals surface area contributed by atoms with Gasteiger partial charge >= 0.3 is 6.61 Å². The monoisotopic (exact) mass is 357 g/mol. The molecule has 1 aliphatic rings. The number of para-hydroxylation sites is 1. The van der Waals surface area contributed by atoms with Gasteiger partial charge in [0.1, 0.15) is 5.75 Å². The predicted molar refractivity (Wildman–Crippen MR) is 94.5 cm³/mol. The Hall–Kier alpha value is -3.02. The molecule has 0 spiro atoms. The Morgan fingerprint density at radius 1 is 1.12 bits per heavy atom. The number of nitrogens with zero attached hydrogens (tertiary/aromatic N) is 1. The van der Waals surface area contributed by atoms with Gasteiger partial charge in [-0.3, -0.25) is 9.59 Å². The van der Waals surface area contributed by atoms with Crippen molar-refractivity contribution < 1.29 is 23.1 Å². The van der Waals surface area contributed by atoms with Crippen LogP contribution in [0.3, 0.4) is 0 Å². The lowest BCUT2D eigenvalue weighted by molar-refractivity contribution is -0.117. The van der Waals surface area contributed by atoms with Gasteiger partial charge in [0.2, 0.25) is 5.91 Å². The fourth-order valence-electron chi connectivity index (χ4n) is 2.81. The first-order chi connectivity index (χ1) is 12.5. The fourth-order valence-corrected chi connectivity index (χ4v) is 2.81. The molecular formula is C20H17F2NO3. The third-order valence-corrected chi connectivity index (χ3v) is 4.09. The smallest absolute Gasteiger partial charge is 0.387 e. The highest BCUT2D eigenvalue weighted by Crippen LogP contribution is 2.23. The number of ether oxygens (including phenoxy) is 1. The number of carbonyl (C=O) groups excluding carboxylic acids is 2. The molecule has 134 valence electrons. The van der Waals surface area contributed by atoms with Crippen LogP contribution in [0.15, 0.2) is 54.6 Å². The van der Waals surface area contributed by atoms with Crippen LogP contribution in [0.2, 0.25) is 0 Å². The number of alkyl halides is 2. The summed E-state index contributed by atoms with van der Waals surface area (Å²) >= 11 is 0. The van der Waals surface area contributed by atoms with Gasteiger partial charge in [0.15, 0.2) is 5.78 Å².